The van der Waals surface area contributed by atoms with Gasteiger partial charge in [-0.3, -0.25) is 4.79 Å². The molecule has 3 heteroatoms. The zero-order chi connectivity index (χ0) is 9.30. The molecule has 4 radical (unpaired) electrons. The fourth-order valence-electron chi connectivity index (χ4n) is 1.15. The Morgan fingerprint density at radius 3 is 2.42 bits per heavy atom. The third-order valence-electron chi connectivity index (χ3n) is 2.04. The van der Waals surface area contributed by atoms with Gasteiger partial charge < -0.3 is 0 Å². The molecular formula is C9H8B2O. The molecule has 0 amide bonds. The molecule has 0 atom stereocenters. The summed E-state index contributed by atoms with van der Waals surface area (Å²) in [6.45, 7) is 3.62. The van der Waals surface area contributed by atoms with Gasteiger partial charge >= 0.3 is 0 Å². The SMILES string of the molecule is [B]c1cc(C)c(C=O)c([B])c1C. The molecule has 12 heavy (non-hydrogen) atoms. The van der Waals surface area contributed by atoms with E-state index in [-0.39, 0.29) is 0 Å². The molecule has 0 bridgehead atoms. The quantitative estimate of drug-likeness (QED) is 0.400. The molecule has 0 N–H and O–H groups in total. The molecule has 1 rings (SSSR count). The number of aryl methyl sites for hydroxylation is 1. The van der Waals surface area contributed by atoms with E-state index in [4.69, 9.17) is 15.7 Å². The zero-order valence-electron chi connectivity index (χ0n) is 7.22. The molecule has 56 valence electrons. The predicted molar refractivity (Wildman–Crippen MR) is 52.1 cm³/mol. The molecule has 0 aliphatic heterocycles. The van der Waals surface area contributed by atoms with Crippen LogP contribution in [0.2, 0.25) is 0 Å². The molecular weight excluding hydrogens is 146 g/mol. The van der Waals surface area contributed by atoms with Crippen LogP contribution >= 0.6 is 0 Å². The van der Waals surface area contributed by atoms with Gasteiger partial charge in [0.15, 0.2) is 0 Å². The molecule has 1 nitrogen and oxygen atoms in total. The summed E-state index contributed by atoms with van der Waals surface area (Å²) in [5.74, 6) is 0. The van der Waals surface area contributed by atoms with Crippen LogP contribution in [0.15, 0.2) is 6.07 Å². The van der Waals surface area contributed by atoms with E-state index >= 15 is 0 Å². The summed E-state index contributed by atoms with van der Waals surface area (Å²) in [7, 11) is 11.3. The van der Waals surface area contributed by atoms with Crippen LogP contribution in [-0.4, -0.2) is 22.0 Å². The molecule has 1 aromatic carbocycles. The van der Waals surface area contributed by atoms with Crippen molar-refractivity contribution in [1.82, 2.24) is 0 Å². The van der Waals surface area contributed by atoms with Crippen molar-refractivity contribution in [3.05, 3.63) is 22.8 Å². The van der Waals surface area contributed by atoms with Crippen molar-refractivity contribution in [2.45, 2.75) is 13.8 Å². The smallest absolute Gasteiger partial charge is 0.149 e. The zero-order valence-corrected chi connectivity index (χ0v) is 7.22. The lowest BCUT2D eigenvalue weighted by molar-refractivity contribution is 0.112. The number of carbonyl (C=O) groups excluding carboxylic acids is 1. The van der Waals surface area contributed by atoms with Gasteiger partial charge in [0.05, 0.1) is 0 Å². The van der Waals surface area contributed by atoms with Gasteiger partial charge in [-0.15, -0.1) is 0 Å². The molecule has 0 saturated heterocycles. The second-order valence-electron chi connectivity index (χ2n) is 2.85. The standard InChI is InChI=1S/C9H8B2O/c1-5-3-8(10)6(2)9(11)7(5)4-12/h3-4H,1-2H3. The van der Waals surface area contributed by atoms with E-state index < -0.39 is 0 Å². The van der Waals surface area contributed by atoms with Crippen LogP contribution < -0.4 is 10.9 Å². The largest absolute Gasteiger partial charge is 0.298 e. The maximum absolute atomic E-state index is 10.6. The Labute approximate surface area is 75.0 Å². The van der Waals surface area contributed by atoms with Crippen LogP contribution in [0.25, 0.3) is 0 Å². The van der Waals surface area contributed by atoms with E-state index in [0.29, 0.717) is 16.5 Å². The highest BCUT2D eigenvalue weighted by Gasteiger charge is 2.05. The van der Waals surface area contributed by atoms with Crippen molar-refractivity contribution in [3.63, 3.8) is 0 Å². The number of hydrogen-bond acceptors (Lipinski definition) is 1. The number of aldehydes is 1. The van der Waals surface area contributed by atoms with Gasteiger partial charge in [-0.25, -0.2) is 0 Å². The number of benzene rings is 1. The van der Waals surface area contributed by atoms with Crippen molar-refractivity contribution in [2.24, 2.45) is 0 Å². The van der Waals surface area contributed by atoms with Crippen molar-refractivity contribution in [2.75, 3.05) is 0 Å². The van der Waals surface area contributed by atoms with Gasteiger partial charge in [0.25, 0.3) is 0 Å². The molecule has 1 aromatic rings. The first kappa shape index (κ1) is 9.11. The highest BCUT2D eigenvalue weighted by Crippen LogP contribution is 2.01. The van der Waals surface area contributed by atoms with Crippen molar-refractivity contribution < 1.29 is 4.79 Å². The number of hydrogen-bond donors (Lipinski definition) is 0. The van der Waals surface area contributed by atoms with Gasteiger partial charge in [0, 0.05) is 5.56 Å². The van der Waals surface area contributed by atoms with E-state index in [1.54, 1.807) is 13.0 Å². The minimum atomic E-state index is 0.488. The van der Waals surface area contributed by atoms with Crippen molar-refractivity contribution >= 4 is 32.9 Å². The second kappa shape index (κ2) is 3.18. The lowest BCUT2D eigenvalue weighted by Crippen LogP contribution is -2.25. The summed E-state index contributed by atoms with van der Waals surface area (Å²) >= 11 is 0. The fourth-order valence-corrected chi connectivity index (χ4v) is 1.15. The van der Waals surface area contributed by atoms with E-state index in [9.17, 15) is 4.79 Å². The monoisotopic (exact) mass is 154 g/mol. The normalized spacial score (nSPS) is 9.83. The van der Waals surface area contributed by atoms with Crippen LogP contribution in [0.1, 0.15) is 21.5 Å². The topological polar surface area (TPSA) is 17.1 Å². The molecule has 0 fully saturated rings. The average Bonchev–Trinajstić information content (AvgIpc) is 2.01. The molecule has 0 saturated carbocycles. The Bertz CT molecular complexity index is 332. The van der Waals surface area contributed by atoms with Gasteiger partial charge in [0.2, 0.25) is 0 Å². The lowest BCUT2D eigenvalue weighted by atomic mass is 9.77. The van der Waals surface area contributed by atoms with E-state index in [0.717, 1.165) is 17.4 Å². The van der Waals surface area contributed by atoms with Crippen LogP contribution in [0.5, 0.6) is 0 Å². The highest BCUT2D eigenvalue weighted by molar-refractivity contribution is 6.41. The van der Waals surface area contributed by atoms with E-state index in [1.165, 1.54) is 0 Å². The number of carbonyl (C=O) groups is 1. The first-order valence-corrected chi connectivity index (χ1v) is 3.68. The van der Waals surface area contributed by atoms with Crippen LogP contribution in [0, 0.1) is 13.8 Å². The minimum absolute atomic E-state index is 0.488. The van der Waals surface area contributed by atoms with Crippen LogP contribution in [0.4, 0.5) is 0 Å². The molecule has 0 aromatic heterocycles. The fraction of sp³-hybridized carbons (Fsp3) is 0.222. The highest BCUT2D eigenvalue weighted by atomic mass is 16.1. The summed E-state index contributed by atoms with van der Waals surface area (Å²) in [5, 5.41) is 0. The van der Waals surface area contributed by atoms with Gasteiger partial charge in [-0.1, -0.05) is 22.6 Å². The summed E-state index contributed by atoms with van der Waals surface area (Å²) in [6.07, 6.45) is 0.761. The Morgan fingerprint density at radius 1 is 1.33 bits per heavy atom. The Morgan fingerprint density at radius 2 is 1.92 bits per heavy atom. The summed E-state index contributed by atoms with van der Waals surface area (Å²) in [5.41, 5.74) is 3.27. The van der Waals surface area contributed by atoms with Crippen molar-refractivity contribution in [1.29, 1.82) is 0 Å². The third kappa shape index (κ3) is 1.31. The molecule has 0 heterocycles. The molecule has 0 aliphatic carbocycles. The van der Waals surface area contributed by atoms with Crippen LogP contribution in [0.3, 0.4) is 0 Å². The van der Waals surface area contributed by atoms with Gasteiger partial charge in [-0.2, -0.15) is 0 Å². The van der Waals surface area contributed by atoms with Crippen LogP contribution in [-0.2, 0) is 0 Å². The maximum Gasteiger partial charge on any atom is 0.149 e. The molecule has 0 unspecified atom stereocenters. The average molecular weight is 154 g/mol. The maximum atomic E-state index is 10.6. The summed E-state index contributed by atoms with van der Waals surface area (Å²) in [6, 6.07) is 1.76. The van der Waals surface area contributed by atoms with E-state index in [2.05, 4.69) is 0 Å². The minimum Gasteiger partial charge on any atom is -0.298 e. The lowest BCUT2D eigenvalue weighted by Gasteiger charge is -2.10. The third-order valence-corrected chi connectivity index (χ3v) is 2.04. The summed E-state index contributed by atoms with van der Waals surface area (Å²) < 4.78 is 0. The Balaban J connectivity index is 3.51. The van der Waals surface area contributed by atoms with Gasteiger partial charge in [-0.05, 0) is 19.4 Å². The number of rotatable bonds is 1. The molecule has 0 spiro atoms. The van der Waals surface area contributed by atoms with Gasteiger partial charge in [0.1, 0.15) is 22.0 Å². The molecule has 0 aliphatic rings. The Hall–Kier alpha value is -0.980. The van der Waals surface area contributed by atoms with Crippen molar-refractivity contribution in [3.8, 4) is 0 Å². The first-order chi connectivity index (χ1) is 5.57. The Kier molecular flexibility index (Phi) is 2.41. The second-order valence-corrected chi connectivity index (χ2v) is 2.85. The van der Waals surface area contributed by atoms with E-state index in [1.807, 2.05) is 6.92 Å². The summed E-state index contributed by atoms with van der Waals surface area (Å²) in [4.78, 5) is 10.6. The first-order valence-electron chi connectivity index (χ1n) is 3.68. The predicted octanol–water partition coefficient (Wildman–Crippen LogP) is -0.296.